The summed E-state index contributed by atoms with van der Waals surface area (Å²) < 4.78 is 23.8. The van der Waals surface area contributed by atoms with Crippen LogP contribution >= 0.6 is 11.3 Å². The molecule has 0 aliphatic rings. The number of carbonyl (C=O) groups excluding carboxylic acids is 1. The maximum atomic E-state index is 13.2. The molecule has 34 heavy (non-hydrogen) atoms. The molecule has 3 rings (SSSR count). The molecule has 0 radical (unpaired) electrons. The minimum atomic E-state index is -1.12. The number of aromatic carboxylic acids is 1. The molecule has 0 atom stereocenters. The molecule has 2 aromatic heterocycles. The first kappa shape index (κ1) is 26.5. The Morgan fingerprint density at radius 1 is 1.15 bits per heavy atom. The highest BCUT2D eigenvalue weighted by Crippen LogP contribution is 2.38. The first-order chi connectivity index (χ1) is 16.4. The number of halogens is 1. The number of hydrogen-bond acceptors (Lipinski definition) is 7. The number of hydrogen-bond donors (Lipinski definition) is 1. The number of nitrogens with zero attached hydrogens (tertiary/aromatic N) is 2. The lowest BCUT2D eigenvalue weighted by molar-refractivity contribution is 0.0524. The second-order valence-electron chi connectivity index (χ2n) is 6.62. The molecule has 9 heteroatoms. The third kappa shape index (κ3) is 5.97. The lowest BCUT2D eigenvalue weighted by Crippen LogP contribution is -2.15. The number of aromatic nitrogens is 1. The Morgan fingerprint density at radius 2 is 1.82 bits per heavy atom. The molecule has 0 saturated heterocycles. The lowest BCUT2D eigenvalue weighted by atomic mass is 9.96. The van der Waals surface area contributed by atoms with E-state index in [-0.39, 0.29) is 46.3 Å². The second-order valence-corrected chi connectivity index (χ2v) is 7.70. The van der Waals surface area contributed by atoms with E-state index in [2.05, 4.69) is 4.98 Å². The number of aryl methyl sites for hydroxylation is 2. The van der Waals surface area contributed by atoms with Crippen LogP contribution in [-0.4, -0.2) is 35.7 Å². The van der Waals surface area contributed by atoms with Gasteiger partial charge >= 0.3 is 11.9 Å². The predicted octanol–water partition coefficient (Wildman–Crippen LogP) is 5.52. The van der Waals surface area contributed by atoms with Crippen LogP contribution in [0.1, 0.15) is 57.6 Å². The number of ether oxygens (including phenoxy) is 2. The van der Waals surface area contributed by atoms with Crippen LogP contribution in [-0.2, 0) is 17.6 Å². The minimum Gasteiger partial charge on any atom is -0.480 e. The fourth-order valence-corrected chi connectivity index (χ4v) is 4.12. The van der Waals surface area contributed by atoms with E-state index in [1.54, 1.807) is 19.1 Å². The van der Waals surface area contributed by atoms with Crippen molar-refractivity contribution in [2.45, 2.75) is 33.6 Å². The van der Waals surface area contributed by atoms with Crippen molar-refractivity contribution in [2.24, 2.45) is 0 Å². The Hall–Kier alpha value is -3.77. The van der Waals surface area contributed by atoms with E-state index in [1.807, 2.05) is 19.9 Å². The zero-order valence-corrected chi connectivity index (χ0v) is 20.2. The van der Waals surface area contributed by atoms with E-state index in [4.69, 9.17) is 9.47 Å². The van der Waals surface area contributed by atoms with Crippen molar-refractivity contribution in [3.8, 4) is 22.4 Å². The number of methoxy groups -OCH3 is 1. The standard InChI is InChI=1S/C23H19FN2O5S.C2H6/c1-3-31-23(29)20-16(9-6-13-4-7-14(24)8-5-13)26-21(30-2)15(12-25)19(20)17-10-11-18(32-17)22(27)28;1-2/h4-5,7-8,10-11H,3,6,9H2,1-2H3,(H,27,28);1-2H3. The molecule has 0 aliphatic heterocycles. The number of carboxylic acid groups (broad SMARTS) is 1. The lowest BCUT2D eigenvalue weighted by Gasteiger charge is -2.16. The third-order valence-electron chi connectivity index (χ3n) is 4.65. The number of nitriles is 1. The number of pyridine rings is 1. The molecule has 0 amide bonds. The first-order valence-electron chi connectivity index (χ1n) is 10.7. The minimum absolute atomic E-state index is 0.0138. The topological polar surface area (TPSA) is 110 Å². The average Bonchev–Trinajstić information content (AvgIpc) is 3.34. The van der Waals surface area contributed by atoms with Crippen LogP contribution in [0, 0.1) is 17.1 Å². The third-order valence-corrected chi connectivity index (χ3v) is 5.74. The highest BCUT2D eigenvalue weighted by Gasteiger charge is 2.28. The van der Waals surface area contributed by atoms with Gasteiger partial charge in [-0.25, -0.2) is 19.0 Å². The van der Waals surface area contributed by atoms with Crippen molar-refractivity contribution in [3.63, 3.8) is 0 Å². The summed E-state index contributed by atoms with van der Waals surface area (Å²) in [5, 5.41) is 19.1. The Labute approximate surface area is 201 Å². The van der Waals surface area contributed by atoms with Crippen molar-refractivity contribution in [1.82, 2.24) is 4.98 Å². The van der Waals surface area contributed by atoms with E-state index >= 15 is 0 Å². The van der Waals surface area contributed by atoms with Crippen LogP contribution in [0.25, 0.3) is 10.4 Å². The van der Waals surface area contributed by atoms with Gasteiger partial charge < -0.3 is 14.6 Å². The highest BCUT2D eigenvalue weighted by atomic mass is 32.1. The molecule has 3 aromatic rings. The SMILES string of the molecule is CC.CCOC(=O)c1c(CCc2ccc(F)cc2)nc(OC)c(C#N)c1-c1ccc(C(=O)O)s1. The van der Waals surface area contributed by atoms with E-state index in [1.165, 1.54) is 31.4 Å². The Bertz CT molecular complexity index is 1200. The van der Waals surface area contributed by atoms with Crippen molar-refractivity contribution >= 4 is 23.3 Å². The smallest absolute Gasteiger partial charge is 0.345 e. The maximum absolute atomic E-state index is 13.2. The molecule has 0 aliphatic carbocycles. The van der Waals surface area contributed by atoms with Gasteiger partial charge in [0, 0.05) is 10.4 Å². The van der Waals surface area contributed by atoms with Gasteiger partial charge in [-0.1, -0.05) is 26.0 Å². The van der Waals surface area contributed by atoms with Crippen LogP contribution in [0.15, 0.2) is 36.4 Å². The second kappa shape index (κ2) is 12.5. The van der Waals surface area contributed by atoms with Gasteiger partial charge in [0.2, 0.25) is 5.88 Å². The van der Waals surface area contributed by atoms with Crippen LogP contribution in [0.3, 0.4) is 0 Å². The van der Waals surface area contributed by atoms with Crippen molar-refractivity contribution in [2.75, 3.05) is 13.7 Å². The summed E-state index contributed by atoms with van der Waals surface area (Å²) in [7, 11) is 1.36. The summed E-state index contributed by atoms with van der Waals surface area (Å²) in [4.78, 5) is 29.2. The number of carbonyl (C=O) groups is 2. The van der Waals surface area contributed by atoms with E-state index < -0.39 is 11.9 Å². The van der Waals surface area contributed by atoms with Gasteiger partial charge in [0.15, 0.2) is 0 Å². The molecule has 0 spiro atoms. The van der Waals surface area contributed by atoms with Crippen LogP contribution in [0.5, 0.6) is 5.88 Å². The zero-order valence-electron chi connectivity index (χ0n) is 19.3. The summed E-state index contributed by atoms with van der Waals surface area (Å²) in [6.07, 6.45) is 0.727. The van der Waals surface area contributed by atoms with Gasteiger partial charge in [-0.05, 0) is 49.6 Å². The molecule has 178 valence electrons. The van der Waals surface area contributed by atoms with E-state index in [0.29, 0.717) is 17.0 Å². The zero-order chi connectivity index (χ0) is 25.3. The van der Waals surface area contributed by atoms with E-state index in [0.717, 1.165) is 16.9 Å². The molecule has 1 N–H and O–H groups in total. The fourth-order valence-electron chi connectivity index (χ4n) is 3.21. The number of carboxylic acids is 1. The van der Waals surface area contributed by atoms with Gasteiger partial charge in [-0.2, -0.15) is 5.26 Å². The average molecular weight is 485 g/mol. The fraction of sp³-hybridized carbons (Fsp3) is 0.280. The van der Waals surface area contributed by atoms with Crippen molar-refractivity contribution in [1.29, 1.82) is 5.26 Å². The molecular weight excluding hydrogens is 459 g/mol. The molecular formula is C25H25FN2O5S. The van der Waals surface area contributed by atoms with Crippen molar-refractivity contribution < 1.29 is 28.6 Å². The number of thiophene rings is 1. The summed E-state index contributed by atoms with van der Waals surface area (Å²) in [6.45, 7) is 5.76. The molecule has 0 bridgehead atoms. The molecule has 0 saturated carbocycles. The summed E-state index contributed by atoms with van der Waals surface area (Å²) in [5.41, 5.74) is 1.50. The summed E-state index contributed by atoms with van der Waals surface area (Å²) >= 11 is 0.934. The van der Waals surface area contributed by atoms with Gasteiger partial charge in [-0.3, -0.25) is 0 Å². The summed E-state index contributed by atoms with van der Waals surface area (Å²) in [6, 6.07) is 10.9. The monoisotopic (exact) mass is 484 g/mol. The van der Waals surface area contributed by atoms with Crippen LogP contribution < -0.4 is 4.74 Å². The molecule has 0 unspecified atom stereocenters. The van der Waals surface area contributed by atoms with Gasteiger partial charge in [0.25, 0.3) is 0 Å². The molecule has 7 nitrogen and oxygen atoms in total. The van der Waals surface area contributed by atoms with Gasteiger partial charge in [0.05, 0.1) is 25.0 Å². The Morgan fingerprint density at radius 3 is 2.35 bits per heavy atom. The van der Waals surface area contributed by atoms with Gasteiger partial charge in [-0.15, -0.1) is 11.3 Å². The predicted molar refractivity (Wildman–Crippen MR) is 127 cm³/mol. The Balaban J connectivity index is 0.00000199. The summed E-state index contributed by atoms with van der Waals surface area (Å²) in [5.74, 6) is -2.12. The van der Waals surface area contributed by atoms with Crippen molar-refractivity contribution in [3.05, 3.63) is 69.5 Å². The Kier molecular flexibility index (Phi) is 9.71. The molecule has 1 aromatic carbocycles. The van der Waals surface area contributed by atoms with E-state index in [9.17, 15) is 24.3 Å². The highest BCUT2D eigenvalue weighted by molar-refractivity contribution is 7.17. The quantitative estimate of drug-likeness (QED) is 0.420. The maximum Gasteiger partial charge on any atom is 0.345 e. The number of benzene rings is 1. The van der Waals surface area contributed by atoms with Crippen LogP contribution in [0.4, 0.5) is 4.39 Å². The number of esters is 1. The number of rotatable bonds is 8. The van der Waals surface area contributed by atoms with Gasteiger partial charge in [0.1, 0.15) is 22.3 Å². The largest absolute Gasteiger partial charge is 0.480 e. The molecule has 0 fully saturated rings. The first-order valence-corrected chi connectivity index (χ1v) is 11.5. The normalized spacial score (nSPS) is 10.0. The van der Waals surface area contributed by atoms with Crippen LogP contribution in [0.2, 0.25) is 0 Å². The molecule has 2 heterocycles.